The third-order valence-electron chi connectivity index (χ3n) is 7.48. The Bertz CT molecular complexity index is 1580. The van der Waals surface area contributed by atoms with E-state index in [1.807, 2.05) is 12.1 Å². The summed E-state index contributed by atoms with van der Waals surface area (Å²) in [5.41, 5.74) is -0.580. The topological polar surface area (TPSA) is 22.1 Å². The number of aromatic nitrogens is 1. The molecule has 0 amide bonds. The van der Waals surface area contributed by atoms with Crippen LogP contribution in [0.4, 0.5) is 35.1 Å². The van der Waals surface area contributed by atoms with E-state index in [4.69, 9.17) is 0 Å². The second-order valence-corrected chi connectivity index (χ2v) is 10.2. The minimum Gasteiger partial charge on any atom is -0.429 e. The van der Waals surface area contributed by atoms with Gasteiger partial charge in [0.1, 0.15) is 28.8 Å². The van der Waals surface area contributed by atoms with Crippen LogP contribution in [0.15, 0.2) is 73.4 Å². The van der Waals surface area contributed by atoms with Crippen molar-refractivity contribution in [3.63, 3.8) is 0 Å². The standard InChI is InChI=1S/C32H23F8NO/c1-2-17-3-5-18(6-4-17)20-8-10-29(41-16-20)19-7-9-23(24(33)11-19)21-12-25(34)30(26(35)13-21)32(39,40)42-22-14-27(36)31(38)28(37)15-22/h2,7-18H,1,3-6H2. The van der Waals surface area contributed by atoms with Gasteiger partial charge in [-0.25, -0.2) is 26.3 Å². The minimum absolute atomic E-state index is 0.101. The molecular formula is C32H23F8NO. The Balaban J connectivity index is 1.36. The van der Waals surface area contributed by atoms with Gasteiger partial charge >= 0.3 is 6.11 Å². The van der Waals surface area contributed by atoms with Crippen LogP contribution in [0.3, 0.4) is 0 Å². The average Bonchev–Trinajstić information content (AvgIpc) is 2.95. The first-order valence-corrected chi connectivity index (χ1v) is 13.1. The first-order valence-electron chi connectivity index (χ1n) is 13.1. The lowest BCUT2D eigenvalue weighted by Gasteiger charge is -2.26. The number of rotatable bonds is 7. The van der Waals surface area contributed by atoms with Gasteiger partial charge in [0, 0.05) is 29.5 Å². The van der Waals surface area contributed by atoms with E-state index < -0.39 is 52.3 Å². The number of halogens is 8. The monoisotopic (exact) mass is 589 g/mol. The second kappa shape index (κ2) is 11.6. The Kier molecular flexibility index (Phi) is 8.08. The van der Waals surface area contributed by atoms with Crippen LogP contribution < -0.4 is 4.74 Å². The lowest BCUT2D eigenvalue weighted by Crippen LogP contribution is -2.25. The fourth-order valence-electron chi connectivity index (χ4n) is 5.21. The number of hydrogen-bond donors (Lipinski definition) is 0. The predicted molar refractivity (Wildman–Crippen MR) is 141 cm³/mol. The van der Waals surface area contributed by atoms with E-state index in [0.717, 1.165) is 37.3 Å². The molecule has 1 saturated carbocycles. The SMILES string of the molecule is C=CC1CCC(c2ccc(-c3ccc(-c4cc(F)c(C(F)(F)Oc5cc(F)c(F)c(F)c5)c(F)c4)c(F)c3)nc2)CC1. The summed E-state index contributed by atoms with van der Waals surface area (Å²) in [6, 6.07) is 8.70. The number of alkyl halides is 2. The summed E-state index contributed by atoms with van der Waals surface area (Å²) < 4.78 is 118. The van der Waals surface area contributed by atoms with Gasteiger partial charge in [-0.15, -0.1) is 6.58 Å². The van der Waals surface area contributed by atoms with Gasteiger partial charge in [-0.1, -0.05) is 24.3 Å². The number of benzene rings is 3. The quantitative estimate of drug-likeness (QED) is 0.122. The number of ether oxygens (including phenoxy) is 1. The lowest BCUT2D eigenvalue weighted by molar-refractivity contribution is -0.189. The highest BCUT2D eigenvalue weighted by molar-refractivity contribution is 5.70. The molecule has 218 valence electrons. The van der Waals surface area contributed by atoms with Gasteiger partial charge < -0.3 is 4.74 Å². The lowest BCUT2D eigenvalue weighted by atomic mass is 9.79. The van der Waals surface area contributed by atoms with E-state index in [1.165, 1.54) is 12.1 Å². The van der Waals surface area contributed by atoms with Crippen molar-refractivity contribution in [2.45, 2.75) is 37.7 Å². The fraction of sp³-hybridized carbons (Fsp3) is 0.219. The number of nitrogens with zero attached hydrogens (tertiary/aromatic N) is 1. The van der Waals surface area contributed by atoms with Crippen LogP contribution in [0.1, 0.15) is 42.7 Å². The third kappa shape index (κ3) is 5.89. The van der Waals surface area contributed by atoms with E-state index in [-0.39, 0.29) is 23.3 Å². The van der Waals surface area contributed by atoms with Crippen LogP contribution in [0.5, 0.6) is 5.75 Å². The molecule has 1 aromatic heterocycles. The molecule has 4 aromatic rings. The summed E-state index contributed by atoms with van der Waals surface area (Å²) in [6.45, 7) is 3.86. The van der Waals surface area contributed by atoms with Crippen molar-refractivity contribution in [1.29, 1.82) is 0 Å². The van der Waals surface area contributed by atoms with Crippen molar-refractivity contribution in [3.8, 4) is 28.1 Å². The Morgan fingerprint density at radius 3 is 1.90 bits per heavy atom. The number of hydrogen-bond acceptors (Lipinski definition) is 2. The maximum atomic E-state index is 15.1. The summed E-state index contributed by atoms with van der Waals surface area (Å²) >= 11 is 0. The zero-order chi connectivity index (χ0) is 30.2. The minimum atomic E-state index is -4.76. The van der Waals surface area contributed by atoms with Crippen molar-refractivity contribution in [1.82, 2.24) is 4.98 Å². The van der Waals surface area contributed by atoms with E-state index >= 15 is 4.39 Å². The smallest absolute Gasteiger partial charge is 0.429 e. The largest absolute Gasteiger partial charge is 0.432 e. The zero-order valence-electron chi connectivity index (χ0n) is 21.9. The maximum absolute atomic E-state index is 15.1. The summed E-state index contributed by atoms with van der Waals surface area (Å²) in [6.07, 6.45) is 3.14. The van der Waals surface area contributed by atoms with E-state index in [9.17, 15) is 30.7 Å². The Morgan fingerprint density at radius 2 is 1.36 bits per heavy atom. The first kappa shape index (κ1) is 29.3. The zero-order valence-corrected chi connectivity index (χ0v) is 21.9. The van der Waals surface area contributed by atoms with Gasteiger partial charge in [0.05, 0.1) is 5.69 Å². The van der Waals surface area contributed by atoms with Crippen molar-refractivity contribution in [2.24, 2.45) is 5.92 Å². The molecule has 0 atom stereocenters. The number of allylic oxidation sites excluding steroid dienone is 1. The first-order chi connectivity index (χ1) is 20.0. The molecule has 0 N–H and O–H groups in total. The van der Waals surface area contributed by atoms with Crippen molar-refractivity contribution < 1.29 is 39.9 Å². The molecule has 1 fully saturated rings. The van der Waals surface area contributed by atoms with Gasteiger partial charge in [0.25, 0.3) is 0 Å². The molecule has 0 radical (unpaired) electrons. The van der Waals surface area contributed by atoms with Crippen LogP contribution in [0, 0.1) is 40.8 Å². The maximum Gasteiger partial charge on any atom is 0.432 e. The molecule has 0 aliphatic heterocycles. The Hall–Kier alpha value is -4.21. The Labute approximate surface area is 236 Å². The highest BCUT2D eigenvalue weighted by atomic mass is 19.3. The van der Waals surface area contributed by atoms with E-state index in [1.54, 1.807) is 12.3 Å². The fourth-order valence-corrected chi connectivity index (χ4v) is 5.21. The molecular weight excluding hydrogens is 566 g/mol. The van der Waals surface area contributed by atoms with E-state index in [0.29, 0.717) is 35.2 Å². The molecule has 0 bridgehead atoms. The highest BCUT2D eigenvalue weighted by Crippen LogP contribution is 2.39. The predicted octanol–water partition coefficient (Wildman–Crippen LogP) is 9.84. The summed E-state index contributed by atoms with van der Waals surface area (Å²) in [7, 11) is 0. The van der Waals surface area contributed by atoms with Gasteiger partial charge in [-0.2, -0.15) is 8.78 Å². The normalized spacial score (nSPS) is 17.2. The highest BCUT2D eigenvalue weighted by Gasteiger charge is 2.41. The van der Waals surface area contributed by atoms with Gasteiger partial charge in [-0.3, -0.25) is 4.98 Å². The molecule has 0 spiro atoms. The van der Waals surface area contributed by atoms with Crippen molar-refractivity contribution in [2.75, 3.05) is 0 Å². The van der Waals surface area contributed by atoms with E-state index in [2.05, 4.69) is 16.3 Å². The molecule has 10 heteroatoms. The van der Waals surface area contributed by atoms with Gasteiger partial charge in [0.2, 0.25) is 0 Å². The summed E-state index contributed by atoms with van der Waals surface area (Å²) in [5.74, 6) is -10.4. The van der Waals surface area contributed by atoms with Crippen LogP contribution in [-0.4, -0.2) is 4.98 Å². The van der Waals surface area contributed by atoms with Crippen molar-refractivity contribution in [3.05, 3.63) is 119 Å². The van der Waals surface area contributed by atoms with Crippen LogP contribution in [0.2, 0.25) is 0 Å². The third-order valence-corrected chi connectivity index (χ3v) is 7.48. The van der Waals surface area contributed by atoms with Gasteiger partial charge in [0.15, 0.2) is 17.5 Å². The summed E-state index contributed by atoms with van der Waals surface area (Å²) in [5, 5.41) is 0. The molecule has 1 heterocycles. The molecule has 0 unspecified atom stereocenters. The summed E-state index contributed by atoms with van der Waals surface area (Å²) in [4.78, 5) is 4.45. The molecule has 1 aliphatic rings. The number of pyridine rings is 1. The van der Waals surface area contributed by atoms with Crippen LogP contribution in [-0.2, 0) is 6.11 Å². The van der Waals surface area contributed by atoms with Crippen molar-refractivity contribution >= 4 is 0 Å². The molecule has 5 rings (SSSR count). The molecule has 0 saturated heterocycles. The Morgan fingerprint density at radius 1 is 0.738 bits per heavy atom. The second-order valence-electron chi connectivity index (χ2n) is 10.2. The van der Waals surface area contributed by atoms with Crippen LogP contribution in [0.25, 0.3) is 22.4 Å². The van der Waals surface area contributed by atoms with Gasteiger partial charge in [-0.05, 0) is 72.9 Å². The molecule has 42 heavy (non-hydrogen) atoms. The molecule has 1 aliphatic carbocycles. The molecule has 3 aromatic carbocycles. The average molecular weight is 590 g/mol. The van der Waals surface area contributed by atoms with Crippen LogP contribution >= 0.6 is 0 Å². The molecule has 2 nitrogen and oxygen atoms in total.